The van der Waals surface area contributed by atoms with Crippen molar-refractivity contribution in [2.75, 3.05) is 12.4 Å². The van der Waals surface area contributed by atoms with Crippen molar-refractivity contribution in [3.63, 3.8) is 0 Å². The Kier molecular flexibility index (Phi) is 12.0. The number of nitrogens with zero attached hydrogens (tertiary/aromatic N) is 1. The molecule has 5 atom stereocenters. The van der Waals surface area contributed by atoms with E-state index in [0.29, 0.717) is 18.6 Å². The lowest BCUT2D eigenvalue weighted by Crippen LogP contribution is -2.68. The standard InChI is InChI=1S/C21H34N2O8S2.C2H6/c1-11(24)6-7-21(4,5)33-32-9-8-20(2,3)19(30)31-10-12-13(25)14(26)15(27)16-22-17(28)18(29)23(12)16;1-2/h12-16,25-27H,6-10H2,1-5H3,(H,22,28);1-2H3/t12?,13-,14+,15+,16+;/m1./s1. The summed E-state index contributed by atoms with van der Waals surface area (Å²) in [7, 11) is 3.28. The summed E-state index contributed by atoms with van der Waals surface area (Å²) in [5.41, 5.74) is -0.850. The van der Waals surface area contributed by atoms with E-state index in [0.717, 1.165) is 11.3 Å². The fourth-order valence-corrected chi connectivity index (χ4v) is 6.44. The molecule has 4 N–H and O–H groups in total. The Morgan fingerprint density at radius 3 is 2.20 bits per heavy atom. The lowest BCUT2D eigenvalue weighted by Gasteiger charge is -2.44. The van der Waals surface area contributed by atoms with Crippen LogP contribution in [0.3, 0.4) is 0 Å². The highest BCUT2D eigenvalue weighted by Crippen LogP contribution is 2.40. The second kappa shape index (κ2) is 13.3. The number of hydrogen-bond donors (Lipinski definition) is 4. The van der Waals surface area contributed by atoms with Gasteiger partial charge in [0.25, 0.3) is 0 Å². The van der Waals surface area contributed by atoms with Crippen molar-refractivity contribution in [3.05, 3.63) is 0 Å². The number of nitrogens with one attached hydrogen (secondary N) is 1. The second-order valence-electron chi connectivity index (χ2n) is 9.77. The van der Waals surface area contributed by atoms with E-state index in [1.807, 2.05) is 13.8 Å². The molecule has 1 unspecified atom stereocenters. The molecular weight excluding hydrogens is 496 g/mol. The minimum Gasteiger partial charge on any atom is -0.463 e. The molecular formula is C23H40N2O8S2. The van der Waals surface area contributed by atoms with Crippen LogP contribution in [0.5, 0.6) is 0 Å². The molecule has 0 aromatic rings. The van der Waals surface area contributed by atoms with Crippen LogP contribution in [0.15, 0.2) is 0 Å². The number of esters is 1. The molecule has 2 aliphatic rings. The van der Waals surface area contributed by atoms with Crippen LogP contribution in [0.4, 0.5) is 0 Å². The first-order valence-corrected chi connectivity index (χ1v) is 14.1. The molecule has 2 aliphatic heterocycles. The van der Waals surface area contributed by atoms with Gasteiger partial charge in [-0.05, 0) is 47.5 Å². The van der Waals surface area contributed by atoms with E-state index in [1.54, 1.807) is 42.4 Å². The van der Waals surface area contributed by atoms with E-state index in [-0.39, 0.29) is 10.5 Å². The molecule has 12 heteroatoms. The summed E-state index contributed by atoms with van der Waals surface area (Å²) in [6.07, 6.45) is -4.16. The van der Waals surface area contributed by atoms with Gasteiger partial charge in [-0.15, -0.1) is 0 Å². The molecule has 0 aromatic carbocycles. The van der Waals surface area contributed by atoms with E-state index in [9.17, 15) is 34.5 Å². The number of hydrogen-bond acceptors (Lipinski definition) is 10. The molecule has 2 fully saturated rings. The topological polar surface area (TPSA) is 153 Å². The maximum absolute atomic E-state index is 12.7. The van der Waals surface area contributed by atoms with Gasteiger partial charge in [0, 0.05) is 16.9 Å². The number of aliphatic hydroxyl groups is 3. The summed E-state index contributed by atoms with van der Waals surface area (Å²) in [4.78, 5) is 48.7. The van der Waals surface area contributed by atoms with Gasteiger partial charge in [0.1, 0.15) is 36.9 Å². The molecule has 2 amide bonds. The molecule has 2 saturated heterocycles. The van der Waals surface area contributed by atoms with Gasteiger partial charge in [-0.25, -0.2) is 0 Å². The van der Waals surface area contributed by atoms with Crippen molar-refractivity contribution in [1.82, 2.24) is 10.2 Å². The van der Waals surface area contributed by atoms with E-state index in [4.69, 9.17) is 4.74 Å². The molecule has 0 bridgehead atoms. The Labute approximate surface area is 215 Å². The van der Waals surface area contributed by atoms with Gasteiger partial charge >= 0.3 is 17.8 Å². The van der Waals surface area contributed by atoms with Gasteiger partial charge in [0.2, 0.25) is 0 Å². The number of ketones is 1. The van der Waals surface area contributed by atoms with E-state index < -0.39 is 60.3 Å². The number of carbonyl (C=O) groups excluding carboxylic acids is 4. The van der Waals surface area contributed by atoms with Crippen LogP contribution in [0.25, 0.3) is 0 Å². The Bertz CT molecular complexity index is 777. The molecule has 0 aliphatic carbocycles. The number of amides is 2. The molecule has 0 saturated carbocycles. The first kappa shape index (κ1) is 31.7. The first-order valence-electron chi connectivity index (χ1n) is 11.8. The molecule has 202 valence electrons. The largest absolute Gasteiger partial charge is 0.463 e. The normalized spacial score (nSPS) is 26.5. The minimum absolute atomic E-state index is 0.0756. The molecule has 10 nitrogen and oxygen atoms in total. The highest BCUT2D eigenvalue weighted by molar-refractivity contribution is 8.77. The molecule has 0 radical (unpaired) electrons. The Morgan fingerprint density at radius 1 is 1.03 bits per heavy atom. The summed E-state index contributed by atoms with van der Waals surface area (Å²) in [5, 5.41) is 32.8. The number of aliphatic hydroxyl groups excluding tert-OH is 3. The summed E-state index contributed by atoms with van der Waals surface area (Å²) in [6, 6.07) is -1.17. The smallest absolute Gasteiger partial charge is 0.314 e. The molecule has 2 heterocycles. The number of piperidine rings is 1. The van der Waals surface area contributed by atoms with Crippen LogP contribution in [0.2, 0.25) is 0 Å². The third-order valence-electron chi connectivity index (χ3n) is 5.89. The van der Waals surface area contributed by atoms with Gasteiger partial charge in [-0.3, -0.25) is 14.4 Å². The Hall–Kier alpha value is -1.34. The van der Waals surface area contributed by atoms with Gasteiger partial charge < -0.3 is 35.1 Å². The number of carbonyl (C=O) groups is 4. The highest BCUT2D eigenvalue weighted by atomic mass is 33.1. The molecule has 35 heavy (non-hydrogen) atoms. The van der Waals surface area contributed by atoms with Gasteiger partial charge in [-0.1, -0.05) is 35.4 Å². The maximum atomic E-state index is 12.7. The first-order chi connectivity index (χ1) is 16.2. The summed E-state index contributed by atoms with van der Waals surface area (Å²) in [6.45, 7) is 12.7. The number of fused-ring (bicyclic) bond motifs is 1. The van der Waals surface area contributed by atoms with Crippen molar-refractivity contribution in [2.45, 2.75) is 103 Å². The van der Waals surface area contributed by atoms with Crippen LogP contribution in [-0.4, -0.2) is 91.4 Å². The number of ether oxygens (including phenoxy) is 1. The lowest BCUT2D eigenvalue weighted by molar-refractivity contribution is -0.184. The van der Waals surface area contributed by atoms with Crippen molar-refractivity contribution < 1.29 is 39.2 Å². The zero-order chi connectivity index (χ0) is 27.1. The van der Waals surface area contributed by atoms with Crippen LogP contribution >= 0.6 is 21.6 Å². The second-order valence-corrected chi connectivity index (χ2v) is 12.9. The third kappa shape index (κ3) is 8.34. The van der Waals surface area contributed by atoms with E-state index in [1.165, 1.54) is 0 Å². The van der Waals surface area contributed by atoms with Crippen LogP contribution in [0, 0.1) is 5.41 Å². The third-order valence-corrected chi connectivity index (χ3v) is 9.25. The fourth-order valence-electron chi connectivity index (χ4n) is 3.55. The zero-order valence-corrected chi connectivity index (χ0v) is 23.2. The van der Waals surface area contributed by atoms with Gasteiger partial charge in [-0.2, -0.15) is 0 Å². The summed E-state index contributed by atoms with van der Waals surface area (Å²) in [5.74, 6) is -1.65. The van der Waals surface area contributed by atoms with Crippen LogP contribution < -0.4 is 5.32 Å². The Morgan fingerprint density at radius 2 is 1.63 bits per heavy atom. The highest BCUT2D eigenvalue weighted by Gasteiger charge is 2.55. The molecule has 0 spiro atoms. The van der Waals surface area contributed by atoms with Crippen LogP contribution in [0.1, 0.15) is 67.7 Å². The predicted octanol–water partition coefficient (Wildman–Crippen LogP) is 1.25. The number of Topliss-reactive ketones (excluding diaryl/α,β-unsaturated/α-hetero) is 1. The van der Waals surface area contributed by atoms with Crippen molar-refractivity contribution in [3.8, 4) is 0 Å². The van der Waals surface area contributed by atoms with Crippen molar-refractivity contribution >= 4 is 45.2 Å². The average Bonchev–Trinajstić information content (AvgIpc) is 3.09. The van der Waals surface area contributed by atoms with E-state index >= 15 is 0 Å². The zero-order valence-electron chi connectivity index (χ0n) is 21.6. The summed E-state index contributed by atoms with van der Waals surface area (Å²) >= 11 is 0. The molecule has 0 aromatic heterocycles. The quantitative estimate of drug-likeness (QED) is 0.131. The fraction of sp³-hybridized carbons (Fsp3) is 0.826. The maximum Gasteiger partial charge on any atom is 0.314 e. The predicted molar refractivity (Wildman–Crippen MR) is 135 cm³/mol. The van der Waals surface area contributed by atoms with Crippen molar-refractivity contribution in [2.24, 2.45) is 5.41 Å². The monoisotopic (exact) mass is 536 g/mol. The van der Waals surface area contributed by atoms with E-state index in [2.05, 4.69) is 19.2 Å². The minimum atomic E-state index is -1.62. The number of rotatable bonds is 11. The lowest BCUT2D eigenvalue weighted by atomic mass is 9.90. The Balaban J connectivity index is 0.00000298. The molecule has 2 rings (SSSR count). The SMILES string of the molecule is CC.CC(=O)CCC(C)(C)SSCCC(C)(C)C(=O)OCC1[C@@H](O)[C@H](O)[C@H](O)[C@H]2NC(=O)C(=O)N12. The summed E-state index contributed by atoms with van der Waals surface area (Å²) < 4.78 is 5.30. The average molecular weight is 537 g/mol. The van der Waals surface area contributed by atoms with Gasteiger partial charge in [0.05, 0.1) is 11.5 Å². The van der Waals surface area contributed by atoms with Crippen molar-refractivity contribution in [1.29, 1.82) is 0 Å². The van der Waals surface area contributed by atoms with Gasteiger partial charge in [0.15, 0.2) is 0 Å². The van der Waals surface area contributed by atoms with Crippen LogP contribution in [-0.2, 0) is 23.9 Å².